The SMILES string of the molecule is CC(C)CC(C)OC(=O)c1ccc(F)nc1. The van der Waals surface area contributed by atoms with Gasteiger partial charge in [0.15, 0.2) is 0 Å². The molecule has 0 aliphatic rings. The number of nitrogens with zero attached hydrogens (tertiary/aromatic N) is 1. The Morgan fingerprint density at radius 3 is 2.62 bits per heavy atom. The van der Waals surface area contributed by atoms with Crippen LogP contribution >= 0.6 is 0 Å². The molecule has 0 amide bonds. The zero-order chi connectivity index (χ0) is 12.1. The molecule has 0 fully saturated rings. The van der Waals surface area contributed by atoms with E-state index in [9.17, 15) is 9.18 Å². The fourth-order valence-electron chi connectivity index (χ4n) is 1.46. The highest BCUT2D eigenvalue weighted by Gasteiger charge is 2.13. The van der Waals surface area contributed by atoms with E-state index in [1.54, 1.807) is 0 Å². The summed E-state index contributed by atoms with van der Waals surface area (Å²) in [5.41, 5.74) is 0.275. The van der Waals surface area contributed by atoms with Crippen LogP contribution in [0.1, 0.15) is 37.6 Å². The Bertz CT molecular complexity index is 349. The minimum absolute atomic E-state index is 0.141. The first kappa shape index (κ1) is 12.6. The van der Waals surface area contributed by atoms with Crippen LogP contribution < -0.4 is 0 Å². The lowest BCUT2D eigenvalue weighted by Gasteiger charge is -2.14. The van der Waals surface area contributed by atoms with Gasteiger partial charge in [-0.3, -0.25) is 0 Å². The summed E-state index contributed by atoms with van der Waals surface area (Å²) < 4.78 is 17.7. The van der Waals surface area contributed by atoms with Gasteiger partial charge in [-0.05, 0) is 31.4 Å². The number of carbonyl (C=O) groups excluding carboxylic acids is 1. The van der Waals surface area contributed by atoms with E-state index in [0.29, 0.717) is 5.92 Å². The van der Waals surface area contributed by atoms with Crippen molar-refractivity contribution in [1.29, 1.82) is 0 Å². The number of ether oxygens (including phenoxy) is 1. The quantitative estimate of drug-likeness (QED) is 0.584. The molecule has 88 valence electrons. The molecule has 1 aromatic heterocycles. The molecule has 1 rings (SSSR count). The zero-order valence-corrected chi connectivity index (χ0v) is 9.74. The Balaban J connectivity index is 2.55. The molecular formula is C12H16FNO2. The topological polar surface area (TPSA) is 39.2 Å². The third-order valence-corrected chi connectivity index (χ3v) is 2.07. The average Bonchev–Trinajstić information content (AvgIpc) is 2.16. The summed E-state index contributed by atoms with van der Waals surface area (Å²) >= 11 is 0. The van der Waals surface area contributed by atoms with Crippen molar-refractivity contribution in [3.05, 3.63) is 29.8 Å². The number of aromatic nitrogens is 1. The maximum absolute atomic E-state index is 12.5. The molecule has 0 N–H and O–H groups in total. The Morgan fingerprint density at radius 1 is 1.44 bits per heavy atom. The van der Waals surface area contributed by atoms with Crippen molar-refractivity contribution < 1.29 is 13.9 Å². The Morgan fingerprint density at radius 2 is 2.12 bits per heavy atom. The molecule has 0 aliphatic heterocycles. The fraction of sp³-hybridized carbons (Fsp3) is 0.500. The maximum Gasteiger partial charge on any atom is 0.339 e. The molecule has 4 heteroatoms. The largest absolute Gasteiger partial charge is 0.459 e. The van der Waals surface area contributed by atoms with Crippen molar-refractivity contribution in [2.75, 3.05) is 0 Å². The number of esters is 1. The molecule has 0 aromatic carbocycles. The summed E-state index contributed by atoms with van der Waals surface area (Å²) in [6.07, 6.45) is 1.85. The van der Waals surface area contributed by atoms with Crippen molar-refractivity contribution in [3.63, 3.8) is 0 Å². The normalized spacial score (nSPS) is 12.6. The fourth-order valence-corrected chi connectivity index (χ4v) is 1.46. The Hall–Kier alpha value is -1.45. The van der Waals surface area contributed by atoms with Crippen LogP contribution in [-0.4, -0.2) is 17.1 Å². The molecule has 1 unspecified atom stereocenters. The van der Waals surface area contributed by atoms with Crippen LogP contribution in [-0.2, 0) is 4.74 Å². The van der Waals surface area contributed by atoms with Gasteiger partial charge in [-0.2, -0.15) is 4.39 Å². The molecule has 1 aromatic rings. The van der Waals surface area contributed by atoms with Gasteiger partial charge in [-0.1, -0.05) is 13.8 Å². The van der Waals surface area contributed by atoms with Crippen LogP contribution in [0.2, 0.25) is 0 Å². The second-order valence-corrected chi connectivity index (χ2v) is 4.22. The summed E-state index contributed by atoms with van der Waals surface area (Å²) in [6.45, 7) is 5.96. The Kier molecular flexibility index (Phi) is 4.40. The van der Waals surface area contributed by atoms with E-state index in [-0.39, 0.29) is 11.7 Å². The van der Waals surface area contributed by atoms with Crippen molar-refractivity contribution in [2.24, 2.45) is 5.92 Å². The third-order valence-electron chi connectivity index (χ3n) is 2.07. The minimum atomic E-state index is -0.605. The summed E-state index contributed by atoms with van der Waals surface area (Å²) in [6, 6.07) is 2.51. The second-order valence-electron chi connectivity index (χ2n) is 4.22. The van der Waals surface area contributed by atoms with Crippen LogP contribution in [0.4, 0.5) is 4.39 Å². The molecule has 0 saturated heterocycles. The molecule has 0 spiro atoms. The van der Waals surface area contributed by atoms with Crippen LogP contribution in [0, 0.1) is 11.9 Å². The van der Waals surface area contributed by atoms with E-state index < -0.39 is 11.9 Å². The van der Waals surface area contributed by atoms with Crippen LogP contribution in [0.25, 0.3) is 0 Å². The van der Waals surface area contributed by atoms with E-state index in [0.717, 1.165) is 12.5 Å². The van der Waals surface area contributed by atoms with Crippen molar-refractivity contribution in [3.8, 4) is 0 Å². The molecule has 1 heterocycles. The standard InChI is InChI=1S/C12H16FNO2/c1-8(2)6-9(3)16-12(15)10-4-5-11(13)14-7-10/h4-5,7-9H,6H2,1-3H3. The van der Waals surface area contributed by atoms with Gasteiger partial charge in [0.25, 0.3) is 0 Å². The van der Waals surface area contributed by atoms with Gasteiger partial charge in [-0.15, -0.1) is 0 Å². The highest BCUT2D eigenvalue weighted by atomic mass is 19.1. The van der Waals surface area contributed by atoms with Gasteiger partial charge in [-0.25, -0.2) is 9.78 Å². The van der Waals surface area contributed by atoms with E-state index in [2.05, 4.69) is 18.8 Å². The zero-order valence-electron chi connectivity index (χ0n) is 9.74. The van der Waals surface area contributed by atoms with E-state index in [1.807, 2.05) is 6.92 Å². The summed E-state index contributed by atoms with van der Waals surface area (Å²) in [5, 5.41) is 0. The first-order valence-electron chi connectivity index (χ1n) is 5.31. The predicted octanol–water partition coefficient (Wildman–Crippen LogP) is 2.81. The predicted molar refractivity (Wildman–Crippen MR) is 58.5 cm³/mol. The van der Waals surface area contributed by atoms with Crippen LogP contribution in [0.5, 0.6) is 0 Å². The second kappa shape index (κ2) is 5.58. The van der Waals surface area contributed by atoms with E-state index in [1.165, 1.54) is 12.3 Å². The van der Waals surface area contributed by atoms with Crippen LogP contribution in [0.3, 0.4) is 0 Å². The summed E-state index contributed by atoms with van der Waals surface area (Å²) in [7, 11) is 0. The number of halogens is 1. The van der Waals surface area contributed by atoms with Gasteiger partial charge in [0.2, 0.25) is 5.95 Å². The van der Waals surface area contributed by atoms with Crippen molar-refractivity contribution >= 4 is 5.97 Å². The number of carbonyl (C=O) groups is 1. The molecule has 16 heavy (non-hydrogen) atoms. The average molecular weight is 225 g/mol. The number of rotatable bonds is 4. The third kappa shape index (κ3) is 3.96. The lowest BCUT2D eigenvalue weighted by molar-refractivity contribution is 0.0299. The molecular weight excluding hydrogens is 209 g/mol. The molecule has 0 saturated carbocycles. The first-order valence-corrected chi connectivity index (χ1v) is 5.31. The van der Waals surface area contributed by atoms with Crippen molar-refractivity contribution in [1.82, 2.24) is 4.98 Å². The van der Waals surface area contributed by atoms with Gasteiger partial charge in [0, 0.05) is 6.20 Å². The highest BCUT2D eigenvalue weighted by Crippen LogP contribution is 2.10. The molecule has 3 nitrogen and oxygen atoms in total. The minimum Gasteiger partial charge on any atom is -0.459 e. The smallest absolute Gasteiger partial charge is 0.339 e. The molecule has 0 radical (unpaired) electrons. The molecule has 0 aliphatic carbocycles. The van der Waals surface area contributed by atoms with Crippen molar-refractivity contribution in [2.45, 2.75) is 33.3 Å². The van der Waals surface area contributed by atoms with Gasteiger partial charge in [0.1, 0.15) is 0 Å². The first-order chi connectivity index (χ1) is 7.49. The monoisotopic (exact) mass is 225 g/mol. The van der Waals surface area contributed by atoms with E-state index in [4.69, 9.17) is 4.74 Å². The number of hydrogen-bond acceptors (Lipinski definition) is 3. The maximum atomic E-state index is 12.5. The lowest BCUT2D eigenvalue weighted by Crippen LogP contribution is -2.17. The van der Waals surface area contributed by atoms with E-state index >= 15 is 0 Å². The van der Waals surface area contributed by atoms with Gasteiger partial charge in [0.05, 0.1) is 11.7 Å². The Labute approximate surface area is 94.6 Å². The van der Waals surface area contributed by atoms with Gasteiger partial charge < -0.3 is 4.74 Å². The van der Waals surface area contributed by atoms with Crippen LogP contribution in [0.15, 0.2) is 18.3 Å². The van der Waals surface area contributed by atoms with Gasteiger partial charge >= 0.3 is 5.97 Å². The number of hydrogen-bond donors (Lipinski definition) is 0. The number of pyridine rings is 1. The summed E-state index contributed by atoms with van der Waals surface area (Å²) in [5.74, 6) is -0.596. The summed E-state index contributed by atoms with van der Waals surface area (Å²) in [4.78, 5) is 15.0. The molecule has 0 bridgehead atoms. The highest BCUT2D eigenvalue weighted by molar-refractivity contribution is 5.89. The molecule has 1 atom stereocenters. The lowest BCUT2D eigenvalue weighted by atomic mass is 10.1.